The Morgan fingerprint density at radius 1 is 1.06 bits per heavy atom. The second kappa shape index (κ2) is 5.40. The zero-order valence-corrected chi connectivity index (χ0v) is 12.5. The second-order valence-electron chi connectivity index (χ2n) is 6.83. The number of rotatable bonds is 4. The molecule has 1 rings (SSSR count). The van der Waals surface area contributed by atoms with Crippen molar-refractivity contribution < 1.29 is 4.39 Å². The Kier molecular flexibility index (Phi) is 4.55. The Bertz CT molecular complexity index is 382. The fourth-order valence-electron chi connectivity index (χ4n) is 2.02. The predicted molar refractivity (Wildman–Crippen MR) is 76.5 cm³/mol. The van der Waals surface area contributed by atoms with Gasteiger partial charge in [-0.05, 0) is 69.3 Å². The lowest BCUT2D eigenvalue weighted by Crippen LogP contribution is -2.38. The largest absolute Gasteiger partial charge is 0.312 e. The van der Waals surface area contributed by atoms with Crippen LogP contribution in [-0.4, -0.2) is 12.1 Å². The molecule has 0 bridgehead atoms. The molecule has 0 fully saturated rings. The molecule has 0 saturated carbocycles. The smallest absolute Gasteiger partial charge is 0.123 e. The highest BCUT2D eigenvalue weighted by molar-refractivity contribution is 5.29. The van der Waals surface area contributed by atoms with Crippen molar-refractivity contribution in [2.75, 3.05) is 6.54 Å². The van der Waals surface area contributed by atoms with Crippen molar-refractivity contribution in [2.24, 2.45) is 0 Å². The maximum atomic E-state index is 13.5. The lowest BCUT2D eigenvalue weighted by molar-refractivity contribution is 0.378. The van der Waals surface area contributed by atoms with Crippen LogP contribution >= 0.6 is 0 Å². The van der Waals surface area contributed by atoms with Gasteiger partial charge in [-0.1, -0.05) is 19.9 Å². The van der Waals surface area contributed by atoms with Gasteiger partial charge in [-0.2, -0.15) is 0 Å². The van der Waals surface area contributed by atoms with Crippen LogP contribution in [0.2, 0.25) is 0 Å². The molecule has 0 radical (unpaired) electrons. The van der Waals surface area contributed by atoms with E-state index in [0.29, 0.717) is 0 Å². The summed E-state index contributed by atoms with van der Waals surface area (Å²) in [6.45, 7) is 13.7. The molecule has 2 heteroatoms. The Morgan fingerprint density at radius 3 is 2.17 bits per heavy atom. The number of hydrogen-bond acceptors (Lipinski definition) is 1. The highest BCUT2D eigenvalue weighted by Gasteiger charge is 2.22. The molecule has 0 amide bonds. The number of benzene rings is 1. The van der Waals surface area contributed by atoms with E-state index in [1.165, 1.54) is 0 Å². The lowest BCUT2D eigenvalue weighted by atomic mass is 9.81. The summed E-state index contributed by atoms with van der Waals surface area (Å²) in [5.41, 5.74) is 2.19. The van der Waals surface area contributed by atoms with Crippen molar-refractivity contribution >= 4 is 0 Å². The van der Waals surface area contributed by atoms with Crippen LogP contribution < -0.4 is 5.32 Å². The Balaban J connectivity index is 2.73. The fourth-order valence-corrected chi connectivity index (χ4v) is 2.02. The van der Waals surface area contributed by atoms with Crippen LogP contribution in [0.3, 0.4) is 0 Å². The summed E-state index contributed by atoms with van der Waals surface area (Å²) in [4.78, 5) is 0. The second-order valence-corrected chi connectivity index (χ2v) is 6.83. The van der Waals surface area contributed by atoms with Crippen LogP contribution in [0.1, 0.15) is 52.2 Å². The Hall–Kier alpha value is -0.890. The molecule has 0 aliphatic rings. The number of hydrogen-bond donors (Lipinski definition) is 1. The summed E-state index contributed by atoms with van der Waals surface area (Å²) in [6.07, 6.45) is 0.993. The molecule has 1 N–H and O–H groups in total. The molecule has 0 spiro atoms. The number of aryl methyl sites for hydroxylation is 1. The molecule has 1 aromatic rings. The van der Waals surface area contributed by atoms with E-state index < -0.39 is 0 Å². The van der Waals surface area contributed by atoms with Gasteiger partial charge in [0.1, 0.15) is 5.82 Å². The van der Waals surface area contributed by atoms with E-state index in [9.17, 15) is 4.39 Å². The Labute approximate surface area is 111 Å². The molecule has 0 heterocycles. The summed E-state index contributed by atoms with van der Waals surface area (Å²) in [5.74, 6) is -0.137. The first-order valence-electron chi connectivity index (χ1n) is 6.63. The van der Waals surface area contributed by atoms with Gasteiger partial charge in [0.25, 0.3) is 0 Å². The zero-order chi connectivity index (χ0) is 14.0. The zero-order valence-electron chi connectivity index (χ0n) is 12.5. The van der Waals surface area contributed by atoms with Crippen molar-refractivity contribution in [2.45, 2.75) is 58.9 Å². The molecule has 0 unspecified atom stereocenters. The quantitative estimate of drug-likeness (QED) is 0.846. The summed E-state index contributed by atoms with van der Waals surface area (Å²) >= 11 is 0. The average molecular weight is 251 g/mol. The van der Waals surface area contributed by atoms with Crippen LogP contribution in [-0.2, 0) is 5.41 Å². The predicted octanol–water partition coefficient (Wildman–Crippen LogP) is 4.19. The van der Waals surface area contributed by atoms with E-state index in [0.717, 1.165) is 24.1 Å². The summed E-state index contributed by atoms with van der Waals surface area (Å²) < 4.78 is 13.5. The minimum Gasteiger partial charge on any atom is -0.312 e. The van der Waals surface area contributed by atoms with Crippen LogP contribution in [0.25, 0.3) is 0 Å². The van der Waals surface area contributed by atoms with Gasteiger partial charge < -0.3 is 5.32 Å². The van der Waals surface area contributed by atoms with Gasteiger partial charge >= 0.3 is 0 Å². The van der Waals surface area contributed by atoms with Gasteiger partial charge in [-0.3, -0.25) is 0 Å². The van der Waals surface area contributed by atoms with Crippen LogP contribution in [0, 0.1) is 12.7 Å². The van der Waals surface area contributed by atoms with Crippen LogP contribution in [0.4, 0.5) is 4.39 Å². The first-order chi connectivity index (χ1) is 8.10. The number of halogens is 1. The first-order valence-corrected chi connectivity index (χ1v) is 6.63. The molecule has 1 aromatic carbocycles. The van der Waals surface area contributed by atoms with Crippen LogP contribution in [0.5, 0.6) is 0 Å². The molecule has 0 atom stereocenters. The third-order valence-electron chi connectivity index (χ3n) is 3.23. The monoisotopic (exact) mass is 251 g/mol. The summed E-state index contributed by atoms with van der Waals surface area (Å²) in [7, 11) is 0. The average Bonchev–Trinajstić information content (AvgIpc) is 2.13. The number of nitrogens with one attached hydrogen (secondary N) is 1. The molecular weight excluding hydrogens is 225 g/mol. The van der Waals surface area contributed by atoms with Gasteiger partial charge in [-0.25, -0.2) is 4.39 Å². The van der Waals surface area contributed by atoms with Crippen molar-refractivity contribution in [3.63, 3.8) is 0 Å². The van der Waals surface area contributed by atoms with Crippen molar-refractivity contribution in [1.82, 2.24) is 5.32 Å². The fraction of sp³-hybridized carbons (Fsp3) is 0.625. The molecule has 0 saturated heterocycles. The summed E-state index contributed by atoms with van der Waals surface area (Å²) in [5, 5.41) is 3.48. The molecule has 18 heavy (non-hydrogen) atoms. The van der Waals surface area contributed by atoms with Crippen molar-refractivity contribution in [1.29, 1.82) is 0 Å². The highest BCUT2D eigenvalue weighted by Crippen LogP contribution is 2.28. The first kappa shape index (κ1) is 15.2. The Morgan fingerprint density at radius 2 is 1.67 bits per heavy atom. The van der Waals surface area contributed by atoms with Crippen LogP contribution in [0.15, 0.2) is 18.2 Å². The van der Waals surface area contributed by atoms with Gasteiger partial charge in [-0.15, -0.1) is 0 Å². The van der Waals surface area contributed by atoms with Crippen molar-refractivity contribution in [3.05, 3.63) is 35.1 Å². The third-order valence-corrected chi connectivity index (χ3v) is 3.23. The minimum atomic E-state index is -0.137. The van der Waals surface area contributed by atoms with E-state index in [2.05, 4.69) is 46.0 Å². The van der Waals surface area contributed by atoms with Gasteiger partial charge in [0.05, 0.1) is 0 Å². The molecule has 0 aliphatic heterocycles. The van der Waals surface area contributed by atoms with E-state index in [-0.39, 0.29) is 16.8 Å². The highest BCUT2D eigenvalue weighted by atomic mass is 19.1. The minimum absolute atomic E-state index is 0.00882. The molecule has 0 aromatic heterocycles. The SMILES string of the molecule is Cc1cc(F)cc(C(C)(C)CCNC(C)(C)C)c1. The normalized spacial score (nSPS) is 12.8. The van der Waals surface area contributed by atoms with Gasteiger partial charge in [0.15, 0.2) is 0 Å². The lowest BCUT2D eigenvalue weighted by Gasteiger charge is -2.28. The maximum absolute atomic E-state index is 13.5. The van der Waals surface area contributed by atoms with Crippen molar-refractivity contribution in [3.8, 4) is 0 Å². The summed E-state index contributed by atoms with van der Waals surface area (Å²) in [6, 6.07) is 5.32. The van der Waals surface area contributed by atoms with E-state index >= 15 is 0 Å². The third kappa shape index (κ3) is 4.77. The van der Waals surface area contributed by atoms with E-state index in [1.54, 1.807) is 12.1 Å². The standard InChI is InChI=1S/C16H26FN/c1-12-9-13(11-14(17)10-12)16(5,6)7-8-18-15(2,3)4/h9-11,18H,7-8H2,1-6H3. The van der Waals surface area contributed by atoms with Gasteiger partial charge in [0, 0.05) is 5.54 Å². The van der Waals surface area contributed by atoms with E-state index in [4.69, 9.17) is 0 Å². The van der Waals surface area contributed by atoms with Gasteiger partial charge in [0.2, 0.25) is 0 Å². The van der Waals surface area contributed by atoms with E-state index in [1.807, 2.05) is 6.92 Å². The molecular formula is C16H26FN. The molecule has 1 nitrogen and oxygen atoms in total. The topological polar surface area (TPSA) is 12.0 Å². The molecule has 102 valence electrons. The maximum Gasteiger partial charge on any atom is 0.123 e. The molecule has 0 aliphatic carbocycles.